The van der Waals surface area contributed by atoms with E-state index < -0.39 is 0 Å². The number of carbonyl (C=O) groups is 1. The van der Waals surface area contributed by atoms with Gasteiger partial charge < -0.3 is 16.0 Å². The van der Waals surface area contributed by atoms with E-state index >= 15 is 0 Å². The molecule has 1 aromatic heterocycles. The van der Waals surface area contributed by atoms with Crippen LogP contribution in [0, 0.1) is 0 Å². The van der Waals surface area contributed by atoms with Crippen molar-refractivity contribution in [1.82, 2.24) is 20.9 Å². The van der Waals surface area contributed by atoms with Gasteiger partial charge in [-0.05, 0) is 68.4 Å². The third-order valence-corrected chi connectivity index (χ3v) is 6.75. The van der Waals surface area contributed by atoms with Crippen molar-refractivity contribution in [2.24, 2.45) is 4.99 Å². The number of guanidine groups is 1. The maximum atomic E-state index is 12.4. The molecule has 0 aliphatic carbocycles. The first-order valence-electron chi connectivity index (χ1n) is 11.2. The molecule has 1 aromatic carbocycles. The number of carbonyl (C=O) groups excluding carboxylic acids is 1. The average Bonchev–Trinajstić information content (AvgIpc) is 3.51. The topological polar surface area (TPSA) is 68.8 Å². The number of nitrogens with zero attached hydrogens (tertiary/aromatic N) is 2. The van der Waals surface area contributed by atoms with Crippen LogP contribution in [0.25, 0.3) is 0 Å². The van der Waals surface area contributed by atoms with Crippen molar-refractivity contribution in [2.75, 3.05) is 26.7 Å². The third-order valence-electron chi connectivity index (χ3n) is 5.78. The summed E-state index contributed by atoms with van der Waals surface area (Å²) in [4.78, 5) is 20.8. The Bertz CT molecular complexity index is 845. The Labute approximate surface area is 190 Å². The van der Waals surface area contributed by atoms with E-state index in [4.69, 9.17) is 0 Å². The highest BCUT2D eigenvalue weighted by Crippen LogP contribution is 2.27. The quantitative estimate of drug-likeness (QED) is 0.409. The molecule has 2 atom stereocenters. The van der Waals surface area contributed by atoms with Gasteiger partial charge in [-0.2, -0.15) is 0 Å². The first-order valence-corrected chi connectivity index (χ1v) is 12.1. The van der Waals surface area contributed by atoms with Crippen molar-refractivity contribution in [3.05, 3.63) is 57.8 Å². The summed E-state index contributed by atoms with van der Waals surface area (Å²) in [5.74, 6) is 0.748. The van der Waals surface area contributed by atoms with Crippen LogP contribution in [-0.4, -0.2) is 49.5 Å². The molecular formula is C24H35N5OS. The maximum absolute atomic E-state index is 12.4. The maximum Gasteiger partial charge on any atom is 0.251 e. The molecule has 1 aliphatic rings. The summed E-state index contributed by atoms with van der Waals surface area (Å²) in [7, 11) is 1.79. The van der Waals surface area contributed by atoms with Crippen LogP contribution < -0.4 is 16.0 Å². The standard InChI is InChI=1S/C24H35N5OS/c1-4-18(2)28-23(30)20-10-7-9-19(15-20)16-26-24(25-3)27-17-21(22-11-8-14-31-22)29-12-5-6-13-29/h7-11,14-15,18,21H,4-6,12-13,16-17H2,1-3H3,(H,28,30)(H2,25,26,27). The lowest BCUT2D eigenvalue weighted by molar-refractivity contribution is 0.0939. The van der Waals surface area contributed by atoms with Crippen LogP contribution in [0.4, 0.5) is 0 Å². The predicted molar refractivity (Wildman–Crippen MR) is 130 cm³/mol. The highest BCUT2D eigenvalue weighted by atomic mass is 32.1. The van der Waals surface area contributed by atoms with E-state index in [9.17, 15) is 4.79 Å². The summed E-state index contributed by atoms with van der Waals surface area (Å²) < 4.78 is 0. The molecule has 2 aromatic rings. The summed E-state index contributed by atoms with van der Waals surface area (Å²) >= 11 is 1.82. The lowest BCUT2D eigenvalue weighted by Crippen LogP contribution is -2.42. The fourth-order valence-corrected chi connectivity index (χ4v) is 4.64. The smallest absolute Gasteiger partial charge is 0.251 e. The molecule has 31 heavy (non-hydrogen) atoms. The first-order chi connectivity index (χ1) is 15.1. The highest BCUT2D eigenvalue weighted by molar-refractivity contribution is 7.10. The van der Waals surface area contributed by atoms with Crippen LogP contribution in [0.2, 0.25) is 0 Å². The number of hydrogen-bond donors (Lipinski definition) is 3. The molecule has 0 bridgehead atoms. The third kappa shape index (κ3) is 6.80. The zero-order valence-corrected chi connectivity index (χ0v) is 19.7. The summed E-state index contributed by atoms with van der Waals surface area (Å²) in [6.45, 7) is 7.82. The normalized spacial score (nSPS) is 16.7. The first kappa shape index (κ1) is 23.3. The Kier molecular flexibility index (Phi) is 8.91. The van der Waals surface area contributed by atoms with Gasteiger partial charge in [-0.15, -0.1) is 11.3 Å². The second kappa shape index (κ2) is 11.9. The second-order valence-corrected chi connectivity index (χ2v) is 9.04. The molecule has 1 aliphatic heterocycles. The summed E-state index contributed by atoms with van der Waals surface area (Å²) in [6, 6.07) is 12.6. The van der Waals surface area contributed by atoms with Crippen LogP contribution in [0.3, 0.4) is 0 Å². The van der Waals surface area contributed by atoms with Crippen LogP contribution >= 0.6 is 11.3 Å². The van der Waals surface area contributed by atoms with Crippen LogP contribution in [0.1, 0.15) is 60.0 Å². The minimum absolute atomic E-state index is 0.0249. The molecule has 2 heterocycles. The fourth-order valence-electron chi connectivity index (χ4n) is 3.78. The zero-order valence-electron chi connectivity index (χ0n) is 18.9. The summed E-state index contributed by atoms with van der Waals surface area (Å²) in [6.07, 6.45) is 3.46. The molecule has 7 heteroatoms. The molecule has 1 amide bonds. The van der Waals surface area contributed by atoms with Gasteiger partial charge in [-0.3, -0.25) is 14.7 Å². The number of amides is 1. The molecule has 2 unspecified atom stereocenters. The lowest BCUT2D eigenvalue weighted by atomic mass is 10.1. The number of rotatable bonds is 9. The number of aliphatic imine (C=N–C) groups is 1. The molecule has 3 rings (SSSR count). The van der Waals surface area contributed by atoms with Gasteiger partial charge in [0.1, 0.15) is 0 Å². The Morgan fingerprint density at radius 2 is 2.00 bits per heavy atom. The molecule has 0 saturated carbocycles. The van der Waals surface area contributed by atoms with Crippen molar-refractivity contribution in [2.45, 2.75) is 51.7 Å². The van der Waals surface area contributed by atoms with Gasteiger partial charge in [0.15, 0.2) is 5.96 Å². The monoisotopic (exact) mass is 441 g/mol. The summed E-state index contributed by atoms with van der Waals surface area (Å²) in [5, 5.41) is 12.1. The van der Waals surface area contributed by atoms with Crippen LogP contribution in [-0.2, 0) is 6.54 Å². The van der Waals surface area contributed by atoms with E-state index in [2.05, 4.69) is 50.3 Å². The van der Waals surface area contributed by atoms with E-state index in [0.717, 1.165) is 37.6 Å². The molecule has 1 saturated heterocycles. The molecule has 0 spiro atoms. The fraction of sp³-hybridized carbons (Fsp3) is 0.500. The SMILES string of the molecule is CCC(C)NC(=O)c1cccc(CNC(=NC)NCC(c2cccs2)N2CCCC2)c1. The van der Waals surface area contributed by atoms with Crippen molar-refractivity contribution in [1.29, 1.82) is 0 Å². The molecular weight excluding hydrogens is 406 g/mol. The second-order valence-electron chi connectivity index (χ2n) is 8.06. The highest BCUT2D eigenvalue weighted by Gasteiger charge is 2.24. The molecule has 6 nitrogen and oxygen atoms in total. The van der Waals surface area contributed by atoms with Gasteiger partial charge >= 0.3 is 0 Å². The van der Waals surface area contributed by atoms with Gasteiger partial charge in [0.2, 0.25) is 0 Å². The van der Waals surface area contributed by atoms with Crippen molar-refractivity contribution in [3.8, 4) is 0 Å². The Morgan fingerprint density at radius 1 is 1.19 bits per heavy atom. The van der Waals surface area contributed by atoms with Crippen LogP contribution in [0.15, 0.2) is 46.8 Å². The molecule has 1 fully saturated rings. The minimum Gasteiger partial charge on any atom is -0.354 e. The number of benzene rings is 1. The number of likely N-dealkylation sites (tertiary alicyclic amines) is 1. The molecule has 3 N–H and O–H groups in total. The summed E-state index contributed by atoms with van der Waals surface area (Å²) in [5.41, 5.74) is 1.74. The van der Waals surface area contributed by atoms with E-state index in [0.29, 0.717) is 18.2 Å². The number of nitrogens with one attached hydrogen (secondary N) is 3. The van der Waals surface area contributed by atoms with Gasteiger partial charge in [0, 0.05) is 36.6 Å². The van der Waals surface area contributed by atoms with E-state index in [-0.39, 0.29) is 11.9 Å². The predicted octanol–water partition coefficient (Wildman–Crippen LogP) is 3.78. The number of thiophene rings is 1. The Balaban J connectivity index is 1.55. The van der Waals surface area contributed by atoms with E-state index in [1.165, 1.54) is 17.7 Å². The van der Waals surface area contributed by atoms with Gasteiger partial charge in [0.25, 0.3) is 5.91 Å². The van der Waals surface area contributed by atoms with Crippen LogP contribution in [0.5, 0.6) is 0 Å². The average molecular weight is 442 g/mol. The molecule has 168 valence electrons. The van der Waals surface area contributed by atoms with Gasteiger partial charge in [-0.1, -0.05) is 25.1 Å². The molecule has 0 radical (unpaired) electrons. The Morgan fingerprint density at radius 3 is 2.68 bits per heavy atom. The van der Waals surface area contributed by atoms with E-state index in [1.54, 1.807) is 7.05 Å². The van der Waals surface area contributed by atoms with Gasteiger partial charge in [0.05, 0.1) is 6.04 Å². The van der Waals surface area contributed by atoms with Crippen molar-refractivity contribution >= 4 is 23.2 Å². The van der Waals surface area contributed by atoms with Crippen molar-refractivity contribution in [3.63, 3.8) is 0 Å². The number of hydrogen-bond acceptors (Lipinski definition) is 4. The largest absolute Gasteiger partial charge is 0.354 e. The zero-order chi connectivity index (χ0) is 22.1. The van der Waals surface area contributed by atoms with Gasteiger partial charge in [-0.25, -0.2) is 0 Å². The minimum atomic E-state index is -0.0249. The van der Waals surface area contributed by atoms with E-state index in [1.807, 2.05) is 42.5 Å². The lowest BCUT2D eigenvalue weighted by Gasteiger charge is -2.27. The Hall–Kier alpha value is -2.38. The van der Waals surface area contributed by atoms with Crippen molar-refractivity contribution < 1.29 is 4.79 Å².